The van der Waals surface area contributed by atoms with Crippen molar-refractivity contribution < 1.29 is 24.4 Å². The van der Waals surface area contributed by atoms with Crippen molar-refractivity contribution in [3.63, 3.8) is 0 Å². The van der Waals surface area contributed by atoms with Gasteiger partial charge < -0.3 is 15.2 Å². The maximum Gasteiger partial charge on any atom is 0.310 e. The molecule has 0 unspecified atom stereocenters. The summed E-state index contributed by atoms with van der Waals surface area (Å²) in [7, 11) is 1.29. The van der Waals surface area contributed by atoms with Gasteiger partial charge in [0.1, 0.15) is 5.75 Å². The van der Waals surface area contributed by atoms with Crippen LogP contribution in [0.3, 0.4) is 0 Å². The van der Waals surface area contributed by atoms with Crippen LogP contribution in [0.25, 0.3) is 0 Å². The Kier molecular flexibility index (Phi) is 4.85. The third kappa shape index (κ3) is 3.68. The van der Waals surface area contributed by atoms with Crippen molar-refractivity contribution >= 4 is 17.6 Å². The standard InChI is InChI=1S/C13H16N2O6/c1-13(2,12(17)18)7-14-11(16)10-8(15(19)20)5-4-6-9(10)21-3/h4-6H,7H2,1-3H3,(H,14,16)(H,17,18). The Morgan fingerprint density at radius 2 is 2.05 bits per heavy atom. The molecule has 0 spiro atoms. The number of hydrogen-bond donors (Lipinski definition) is 2. The van der Waals surface area contributed by atoms with E-state index >= 15 is 0 Å². The number of carbonyl (C=O) groups is 2. The molecular formula is C13H16N2O6. The molecule has 0 heterocycles. The summed E-state index contributed by atoms with van der Waals surface area (Å²) in [6.45, 7) is 2.70. The summed E-state index contributed by atoms with van der Waals surface area (Å²) in [6.07, 6.45) is 0. The van der Waals surface area contributed by atoms with Gasteiger partial charge in [0.2, 0.25) is 0 Å². The number of benzene rings is 1. The molecule has 1 aromatic rings. The number of nitrogens with one attached hydrogen (secondary N) is 1. The molecule has 0 aliphatic carbocycles. The minimum atomic E-state index is -1.19. The smallest absolute Gasteiger partial charge is 0.310 e. The van der Waals surface area contributed by atoms with Crippen molar-refractivity contribution in [1.82, 2.24) is 5.32 Å². The molecule has 0 saturated heterocycles. The Morgan fingerprint density at radius 1 is 1.43 bits per heavy atom. The molecular weight excluding hydrogens is 280 g/mol. The fraction of sp³-hybridized carbons (Fsp3) is 0.385. The number of hydrogen-bond acceptors (Lipinski definition) is 5. The Labute approximate surface area is 120 Å². The highest BCUT2D eigenvalue weighted by atomic mass is 16.6. The van der Waals surface area contributed by atoms with Gasteiger partial charge in [0.05, 0.1) is 17.4 Å². The van der Waals surface area contributed by atoms with Crippen molar-refractivity contribution in [1.29, 1.82) is 0 Å². The highest BCUT2D eigenvalue weighted by Gasteiger charge is 2.30. The molecule has 0 aliphatic rings. The van der Waals surface area contributed by atoms with E-state index in [0.717, 1.165) is 0 Å². The molecule has 114 valence electrons. The van der Waals surface area contributed by atoms with Crippen LogP contribution in [-0.2, 0) is 4.79 Å². The Balaban J connectivity index is 3.07. The van der Waals surface area contributed by atoms with Crippen molar-refractivity contribution in [2.75, 3.05) is 13.7 Å². The summed E-state index contributed by atoms with van der Waals surface area (Å²) >= 11 is 0. The zero-order valence-corrected chi connectivity index (χ0v) is 11.9. The number of carbonyl (C=O) groups excluding carboxylic acids is 1. The van der Waals surface area contributed by atoms with Gasteiger partial charge >= 0.3 is 5.97 Å². The predicted molar refractivity (Wildman–Crippen MR) is 73.4 cm³/mol. The Bertz CT molecular complexity index is 582. The number of amides is 1. The van der Waals surface area contributed by atoms with Crippen molar-refractivity contribution in [3.05, 3.63) is 33.9 Å². The summed E-state index contributed by atoms with van der Waals surface area (Å²) in [5, 5.41) is 22.4. The molecule has 0 fully saturated rings. The zero-order valence-electron chi connectivity index (χ0n) is 11.9. The summed E-state index contributed by atoms with van der Waals surface area (Å²) in [4.78, 5) is 33.4. The van der Waals surface area contributed by atoms with E-state index in [2.05, 4.69) is 5.32 Å². The van der Waals surface area contributed by atoms with Gasteiger partial charge in [0, 0.05) is 12.6 Å². The monoisotopic (exact) mass is 296 g/mol. The van der Waals surface area contributed by atoms with Crippen LogP contribution in [0.2, 0.25) is 0 Å². The fourth-order valence-electron chi connectivity index (χ4n) is 1.54. The normalized spacial score (nSPS) is 10.8. The van der Waals surface area contributed by atoms with Crippen molar-refractivity contribution in [3.8, 4) is 5.75 Å². The van der Waals surface area contributed by atoms with E-state index in [0.29, 0.717) is 0 Å². The second kappa shape index (κ2) is 6.21. The van der Waals surface area contributed by atoms with Gasteiger partial charge in [-0.15, -0.1) is 0 Å². The molecule has 0 aromatic heterocycles. The Hall–Kier alpha value is -2.64. The van der Waals surface area contributed by atoms with E-state index in [1.54, 1.807) is 0 Å². The van der Waals surface area contributed by atoms with E-state index in [4.69, 9.17) is 9.84 Å². The maximum atomic E-state index is 12.1. The van der Waals surface area contributed by atoms with Crippen LogP contribution in [0, 0.1) is 15.5 Å². The van der Waals surface area contributed by atoms with Gasteiger partial charge in [0.15, 0.2) is 5.56 Å². The van der Waals surface area contributed by atoms with Gasteiger partial charge in [0.25, 0.3) is 11.6 Å². The molecule has 0 radical (unpaired) electrons. The van der Waals surface area contributed by atoms with E-state index in [1.807, 2.05) is 0 Å². The van der Waals surface area contributed by atoms with Gasteiger partial charge in [-0.3, -0.25) is 19.7 Å². The molecule has 8 heteroatoms. The predicted octanol–water partition coefficient (Wildman–Crippen LogP) is 1.44. The lowest BCUT2D eigenvalue weighted by atomic mass is 9.94. The van der Waals surface area contributed by atoms with Crippen LogP contribution >= 0.6 is 0 Å². The maximum absolute atomic E-state index is 12.1. The van der Waals surface area contributed by atoms with Crippen LogP contribution in [0.15, 0.2) is 18.2 Å². The molecule has 0 atom stereocenters. The van der Waals surface area contributed by atoms with Crippen LogP contribution < -0.4 is 10.1 Å². The molecule has 8 nitrogen and oxygen atoms in total. The summed E-state index contributed by atoms with van der Waals surface area (Å²) in [5.74, 6) is -1.79. The average molecular weight is 296 g/mol. The van der Waals surface area contributed by atoms with Gasteiger partial charge in [-0.1, -0.05) is 6.07 Å². The lowest BCUT2D eigenvalue weighted by Crippen LogP contribution is -2.39. The number of nitro benzene ring substituents is 1. The van der Waals surface area contributed by atoms with E-state index in [-0.39, 0.29) is 17.9 Å². The average Bonchev–Trinajstić information content (AvgIpc) is 2.43. The second-order valence-electron chi connectivity index (χ2n) is 4.98. The highest BCUT2D eigenvalue weighted by molar-refractivity contribution is 6.01. The van der Waals surface area contributed by atoms with Crippen LogP contribution in [0.5, 0.6) is 5.75 Å². The van der Waals surface area contributed by atoms with Crippen molar-refractivity contribution in [2.24, 2.45) is 5.41 Å². The lowest BCUT2D eigenvalue weighted by molar-refractivity contribution is -0.385. The SMILES string of the molecule is COc1cccc([N+](=O)[O-])c1C(=O)NCC(C)(C)C(=O)O. The molecule has 0 bridgehead atoms. The third-order valence-electron chi connectivity index (χ3n) is 2.92. The quantitative estimate of drug-likeness (QED) is 0.605. The van der Waals surface area contributed by atoms with Crippen LogP contribution in [0.4, 0.5) is 5.69 Å². The number of carboxylic acids is 1. The highest BCUT2D eigenvalue weighted by Crippen LogP contribution is 2.28. The Morgan fingerprint density at radius 3 is 2.52 bits per heavy atom. The van der Waals surface area contributed by atoms with Crippen molar-refractivity contribution in [2.45, 2.75) is 13.8 Å². The number of nitrogens with zero attached hydrogens (tertiary/aromatic N) is 1. The van der Waals surface area contributed by atoms with Crippen LogP contribution in [0.1, 0.15) is 24.2 Å². The van der Waals surface area contributed by atoms with Crippen LogP contribution in [-0.4, -0.2) is 35.6 Å². The first-order chi connectivity index (χ1) is 9.70. The van der Waals surface area contributed by atoms with Gasteiger partial charge in [-0.05, 0) is 19.9 Å². The van der Waals surface area contributed by atoms with E-state index in [1.165, 1.54) is 39.2 Å². The number of aliphatic carboxylic acids is 1. The summed E-state index contributed by atoms with van der Waals surface area (Å²) in [6, 6.07) is 4.00. The van der Waals surface area contributed by atoms with Gasteiger partial charge in [-0.2, -0.15) is 0 Å². The third-order valence-corrected chi connectivity index (χ3v) is 2.92. The topological polar surface area (TPSA) is 119 Å². The fourth-order valence-corrected chi connectivity index (χ4v) is 1.54. The number of carboxylic acid groups (broad SMARTS) is 1. The molecule has 21 heavy (non-hydrogen) atoms. The molecule has 1 amide bonds. The molecule has 1 aromatic carbocycles. The largest absolute Gasteiger partial charge is 0.496 e. The van der Waals surface area contributed by atoms with E-state index < -0.39 is 27.9 Å². The molecule has 1 rings (SSSR count). The second-order valence-corrected chi connectivity index (χ2v) is 4.98. The first kappa shape index (κ1) is 16.4. The molecule has 0 aliphatic heterocycles. The molecule has 2 N–H and O–H groups in total. The first-order valence-electron chi connectivity index (χ1n) is 6.03. The number of rotatable bonds is 6. The first-order valence-corrected chi connectivity index (χ1v) is 6.03. The minimum Gasteiger partial charge on any atom is -0.496 e. The summed E-state index contributed by atoms with van der Waals surface area (Å²) < 4.78 is 4.96. The number of nitro groups is 1. The summed E-state index contributed by atoms with van der Waals surface area (Å²) in [5.41, 5.74) is -1.82. The lowest BCUT2D eigenvalue weighted by Gasteiger charge is -2.19. The molecule has 0 saturated carbocycles. The minimum absolute atomic E-state index is 0.0508. The zero-order chi connectivity index (χ0) is 16.2. The number of methoxy groups -OCH3 is 1. The van der Waals surface area contributed by atoms with Gasteiger partial charge in [-0.25, -0.2) is 0 Å². The van der Waals surface area contributed by atoms with E-state index in [9.17, 15) is 19.7 Å². The number of ether oxygens (including phenoxy) is 1.